The number of nitrogens with zero attached hydrogens (tertiary/aromatic N) is 2. The fourth-order valence-electron chi connectivity index (χ4n) is 3.19. The number of fused-ring (bicyclic) bond motifs is 1. The van der Waals surface area contributed by atoms with E-state index in [0.29, 0.717) is 26.2 Å². The maximum atomic E-state index is 12.9. The summed E-state index contributed by atoms with van der Waals surface area (Å²) < 4.78 is 1.15. The zero-order valence-corrected chi connectivity index (χ0v) is 15.5. The standard InChI is InChI=1S/C19H18N2O2S2/c1-13-14-5-2-3-6-15(14)25-17(13)19(23)21-10-8-20(9-11-21)18(22)16-7-4-12-24-16/h2-7,12H,8-11H2,1H3. The monoisotopic (exact) mass is 370 g/mol. The van der Waals surface area contributed by atoms with Crippen molar-refractivity contribution in [1.29, 1.82) is 0 Å². The SMILES string of the molecule is Cc1c(C(=O)N2CCN(C(=O)c3cccs3)CC2)sc2ccccc12. The zero-order chi connectivity index (χ0) is 17.4. The molecule has 1 aliphatic heterocycles. The van der Waals surface area contributed by atoms with Crippen LogP contribution in [0.5, 0.6) is 0 Å². The lowest BCUT2D eigenvalue weighted by Gasteiger charge is -2.34. The highest BCUT2D eigenvalue weighted by atomic mass is 32.1. The molecular formula is C19H18N2O2S2. The van der Waals surface area contributed by atoms with Gasteiger partial charge in [-0.1, -0.05) is 24.3 Å². The van der Waals surface area contributed by atoms with Gasteiger partial charge in [-0.3, -0.25) is 9.59 Å². The molecule has 0 spiro atoms. The number of carbonyl (C=O) groups is 2. The first-order valence-corrected chi connectivity index (χ1v) is 9.95. The second-order valence-corrected chi connectivity index (χ2v) is 8.11. The van der Waals surface area contributed by atoms with Gasteiger partial charge in [0.1, 0.15) is 0 Å². The molecule has 6 heteroatoms. The third-order valence-corrected chi connectivity index (χ3v) is 6.74. The molecule has 1 fully saturated rings. The van der Waals surface area contributed by atoms with Crippen molar-refractivity contribution in [3.8, 4) is 0 Å². The Kier molecular flexibility index (Phi) is 4.31. The molecule has 0 unspecified atom stereocenters. The quantitative estimate of drug-likeness (QED) is 0.687. The second-order valence-electron chi connectivity index (χ2n) is 6.11. The Morgan fingerprint density at radius 2 is 1.60 bits per heavy atom. The average molecular weight is 370 g/mol. The van der Waals surface area contributed by atoms with Crippen molar-refractivity contribution in [3.05, 3.63) is 57.1 Å². The Balaban J connectivity index is 1.47. The highest BCUT2D eigenvalue weighted by Crippen LogP contribution is 2.31. The summed E-state index contributed by atoms with van der Waals surface area (Å²) in [7, 11) is 0. The smallest absolute Gasteiger partial charge is 0.264 e. The van der Waals surface area contributed by atoms with Crippen LogP contribution in [0, 0.1) is 6.92 Å². The molecule has 0 atom stereocenters. The van der Waals surface area contributed by atoms with Crippen LogP contribution in [0.15, 0.2) is 41.8 Å². The lowest BCUT2D eigenvalue weighted by Crippen LogP contribution is -2.50. The van der Waals surface area contributed by atoms with Crippen molar-refractivity contribution in [2.24, 2.45) is 0 Å². The van der Waals surface area contributed by atoms with Crippen LogP contribution in [-0.2, 0) is 0 Å². The highest BCUT2D eigenvalue weighted by molar-refractivity contribution is 7.21. The van der Waals surface area contributed by atoms with Crippen LogP contribution in [0.25, 0.3) is 10.1 Å². The van der Waals surface area contributed by atoms with E-state index >= 15 is 0 Å². The minimum absolute atomic E-state index is 0.0696. The van der Waals surface area contributed by atoms with E-state index in [1.54, 1.807) is 11.3 Å². The first kappa shape index (κ1) is 16.3. The molecule has 1 aliphatic rings. The Morgan fingerprint density at radius 3 is 2.24 bits per heavy atom. The van der Waals surface area contributed by atoms with Crippen LogP contribution < -0.4 is 0 Å². The Bertz CT molecular complexity index is 922. The van der Waals surface area contributed by atoms with E-state index in [-0.39, 0.29) is 11.8 Å². The van der Waals surface area contributed by atoms with E-state index in [1.807, 2.05) is 46.4 Å². The van der Waals surface area contributed by atoms with Crippen molar-refractivity contribution >= 4 is 44.6 Å². The molecule has 0 radical (unpaired) electrons. The maximum Gasteiger partial charge on any atom is 0.264 e. The summed E-state index contributed by atoms with van der Waals surface area (Å²) in [6.07, 6.45) is 0. The molecule has 4 nitrogen and oxygen atoms in total. The van der Waals surface area contributed by atoms with Gasteiger partial charge in [-0.15, -0.1) is 22.7 Å². The molecule has 0 N–H and O–H groups in total. The van der Waals surface area contributed by atoms with Gasteiger partial charge in [0.05, 0.1) is 9.75 Å². The first-order valence-electron chi connectivity index (χ1n) is 8.25. The summed E-state index contributed by atoms with van der Waals surface area (Å²) in [5, 5.41) is 3.07. The molecule has 0 bridgehead atoms. The van der Waals surface area contributed by atoms with E-state index in [0.717, 1.165) is 25.4 Å². The molecular weight excluding hydrogens is 352 g/mol. The third-order valence-electron chi connectivity index (χ3n) is 4.62. The minimum Gasteiger partial charge on any atom is -0.334 e. The summed E-state index contributed by atoms with van der Waals surface area (Å²) in [5.74, 6) is 0.155. The zero-order valence-electron chi connectivity index (χ0n) is 13.9. The molecule has 25 heavy (non-hydrogen) atoms. The van der Waals surface area contributed by atoms with Crippen LogP contribution in [0.4, 0.5) is 0 Å². The maximum absolute atomic E-state index is 12.9. The third kappa shape index (κ3) is 2.96. The van der Waals surface area contributed by atoms with Crippen molar-refractivity contribution in [2.75, 3.05) is 26.2 Å². The minimum atomic E-state index is 0.0696. The Hall–Kier alpha value is -2.18. The van der Waals surface area contributed by atoms with Crippen molar-refractivity contribution < 1.29 is 9.59 Å². The number of amides is 2. The van der Waals surface area contributed by atoms with Gasteiger partial charge in [-0.05, 0) is 35.4 Å². The van der Waals surface area contributed by atoms with E-state index < -0.39 is 0 Å². The predicted molar refractivity (Wildman–Crippen MR) is 103 cm³/mol. The largest absolute Gasteiger partial charge is 0.334 e. The number of rotatable bonds is 2. The van der Waals surface area contributed by atoms with Crippen LogP contribution in [0.1, 0.15) is 24.9 Å². The topological polar surface area (TPSA) is 40.6 Å². The second kappa shape index (κ2) is 6.61. The van der Waals surface area contributed by atoms with Gasteiger partial charge in [-0.2, -0.15) is 0 Å². The Labute approximate surface area is 154 Å². The molecule has 1 aromatic carbocycles. The molecule has 2 amide bonds. The van der Waals surface area contributed by atoms with Gasteiger partial charge < -0.3 is 9.80 Å². The molecule has 128 valence electrons. The number of carbonyl (C=O) groups excluding carboxylic acids is 2. The van der Waals surface area contributed by atoms with Gasteiger partial charge in [0.25, 0.3) is 11.8 Å². The molecule has 0 saturated carbocycles. The van der Waals surface area contributed by atoms with E-state index in [2.05, 4.69) is 12.1 Å². The summed E-state index contributed by atoms with van der Waals surface area (Å²) >= 11 is 3.02. The van der Waals surface area contributed by atoms with Crippen LogP contribution in [0.2, 0.25) is 0 Å². The predicted octanol–water partition coefficient (Wildman–Crippen LogP) is 3.87. The van der Waals surface area contributed by atoms with Crippen molar-refractivity contribution in [2.45, 2.75) is 6.92 Å². The average Bonchev–Trinajstić information content (AvgIpc) is 3.30. The van der Waals surface area contributed by atoms with Crippen LogP contribution >= 0.6 is 22.7 Å². The molecule has 4 rings (SSSR count). The van der Waals surface area contributed by atoms with Gasteiger partial charge in [0, 0.05) is 30.9 Å². The molecule has 1 saturated heterocycles. The molecule has 2 aromatic heterocycles. The van der Waals surface area contributed by atoms with Crippen LogP contribution in [-0.4, -0.2) is 47.8 Å². The molecule has 3 aromatic rings. The number of piperazine rings is 1. The van der Waals surface area contributed by atoms with Gasteiger partial charge in [0.15, 0.2) is 0 Å². The highest BCUT2D eigenvalue weighted by Gasteiger charge is 2.27. The summed E-state index contributed by atoms with van der Waals surface area (Å²) in [4.78, 5) is 30.6. The number of aryl methyl sites for hydroxylation is 1. The van der Waals surface area contributed by atoms with Gasteiger partial charge in [-0.25, -0.2) is 0 Å². The molecule has 3 heterocycles. The fraction of sp³-hybridized carbons (Fsp3) is 0.263. The van der Waals surface area contributed by atoms with E-state index in [1.165, 1.54) is 11.3 Å². The normalized spacial score (nSPS) is 14.9. The van der Waals surface area contributed by atoms with Crippen molar-refractivity contribution in [1.82, 2.24) is 9.80 Å². The fourth-order valence-corrected chi connectivity index (χ4v) is 5.06. The van der Waals surface area contributed by atoms with E-state index in [4.69, 9.17) is 0 Å². The summed E-state index contributed by atoms with van der Waals surface area (Å²) in [6, 6.07) is 11.9. The summed E-state index contributed by atoms with van der Waals surface area (Å²) in [5.41, 5.74) is 1.06. The Morgan fingerprint density at radius 1 is 0.920 bits per heavy atom. The van der Waals surface area contributed by atoms with Crippen LogP contribution in [0.3, 0.4) is 0 Å². The lowest BCUT2D eigenvalue weighted by atomic mass is 10.1. The first-order chi connectivity index (χ1) is 12.1. The van der Waals surface area contributed by atoms with E-state index in [9.17, 15) is 9.59 Å². The number of hydrogen-bond acceptors (Lipinski definition) is 4. The molecule has 0 aliphatic carbocycles. The lowest BCUT2D eigenvalue weighted by molar-refractivity contribution is 0.0540. The van der Waals surface area contributed by atoms with Gasteiger partial charge in [0.2, 0.25) is 0 Å². The van der Waals surface area contributed by atoms with Gasteiger partial charge >= 0.3 is 0 Å². The number of hydrogen-bond donors (Lipinski definition) is 0. The summed E-state index contributed by atoms with van der Waals surface area (Å²) in [6.45, 7) is 4.37. The number of benzene rings is 1. The van der Waals surface area contributed by atoms with Crippen molar-refractivity contribution in [3.63, 3.8) is 0 Å². The number of thiophene rings is 2.